The number of thiophene rings is 1. The molecule has 0 saturated carbocycles. The lowest BCUT2D eigenvalue weighted by atomic mass is 10.2. The molecule has 30 heavy (non-hydrogen) atoms. The fraction of sp³-hybridized carbons (Fsp3) is 0.0870. The third-order valence-corrected chi connectivity index (χ3v) is 5.20. The van der Waals surface area contributed by atoms with E-state index in [1.54, 1.807) is 35.6 Å². The molecular weight excluding hydrogens is 400 g/mol. The van der Waals surface area contributed by atoms with E-state index < -0.39 is 11.9 Å². The lowest BCUT2D eigenvalue weighted by Crippen LogP contribution is -2.30. The van der Waals surface area contributed by atoms with E-state index in [4.69, 9.17) is 0 Å². The Hall–Kier alpha value is -3.71. The van der Waals surface area contributed by atoms with Crippen LogP contribution in [0.3, 0.4) is 0 Å². The number of hydrogen-bond donors (Lipinski definition) is 2. The van der Waals surface area contributed by atoms with Gasteiger partial charge in [0, 0.05) is 27.1 Å². The number of rotatable bonds is 7. The molecule has 7 heteroatoms. The van der Waals surface area contributed by atoms with Crippen LogP contribution < -0.4 is 10.6 Å². The second-order valence-corrected chi connectivity index (χ2v) is 7.35. The summed E-state index contributed by atoms with van der Waals surface area (Å²) in [4.78, 5) is 37.5. The van der Waals surface area contributed by atoms with Gasteiger partial charge in [0.05, 0.1) is 7.11 Å². The molecule has 3 aromatic rings. The summed E-state index contributed by atoms with van der Waals surface area (Å²) in [5.41, 5.74) is 1.94. The Morgan fingerprint density at radius 1 is 1.00 bits per heavy atom. The van der Waals surface area contributed by atoms with Crippen molar-refractivity contribution in [3.8, 4) is 10.4 Å². The standard InChI is InChI=1S/C23H20N2O4S/c1-29-22(27)15-24-23(28)17-8-5-9-18(14-17)25-21(26)13-11-19-10-12-20(30-19)16-6-3-2-4-7-16/h2-14H,15H2,1H3,(H,24,28)(H,25,26). The number of amides is 2. The first-order chi connectivity index (χ1) is 14.5. The summed E-state index contributed by atoms with van der Waals surface area (Å²) in [5, 5.41) is 5.18. The molecule has 0 atom stereocenters. The zero-order valence-electron chi connectivity index (χ0n) is 16.3. The van der Waals surface area contributed by atoms with Gasteiger partial charge in [-0.15, -0.1) is 11.3 Å². The van der Waals surface area contributed by atoms with E-state index in [1.807, 2.05) is 42.5 Å². The molecular formula is C23H20N2O4S. The maximum Gasteiger partial charge on any atom is 0.325 e. The van der Waals surface area contributed by atoms with E-state index >= 15 is 0 Å². The smallest absolute Gasteiger partial charge is 0.325 e. The quantitative estimate of drug-likeness (QED) is 0.447. The van der Waals surface area contributed by atoms with Crippen LogP contribution in [0.5, 0.6) is 0 Å². The van der Waals surface area contributed by atoms with Crippen LogP contribution >= 0.6 is 11.3 Å². The van der Waals surface area contributed by atoms with Crippen molar-refractivity contribution in [2.45, 2.75) is 0 Å². The van der Waals surface area contributed by atoms with Crippen molar-refractivity contribution in [2.75, 3.05) is 19.0 Å². The van der Waals surface area contributed by atoms with E-state index in [-0.39, 0.29) is 12.5 Å². The number of carbonyl (C=O) groups excluding carboxylic acids is 3. The number of ether oxygens (including phenoxy) is 1. The topological polar surface area (TPSA) is 84.5 Å². The Balaban J connectivity index is 1.59. The van der Waals surface area contributed by atoms with Crippen LogP contribution in [-0.4, -0.2) is 31.4 Å². The number of hydrogen-bond acceptors (Lipinski definition) is 5. The van der Waals surface area contributed by atoms with Crippen molar-refractivity contribution in [3.05, 3.63) is 83.2 Å². The van der Waals surface area contributed by atoms with Gasteiger partial charge in [0.2, 0.25) is 5.91 Å². The lowest BCUT2D eigenvalue weighted by Gasteiger charge is -2.06. The Kier molecular flexibility index (Phi) is 7.13. The first-order valence-electron chi connectivity index (χ1n) is 9.14. The highest BCUT2D eigenvalue weighted by atomic mass is 32.1. The first-order valence-corrected chi connectivity index (χ1v) is 9.96. The Morgan fingerprint density at radius 3 is 2.57 bits per heavy atom. The molecule has 0 aliphatic rings. The largest absolute Gasteiger partial charge is 0.468 e. The van der Waals surface area contributed by atoms with Gasteiger partial charge in [0.1, 0.15) is 6.54 Å². The number of anilines is 1. The highest BCUT2D eigenvalue weighted by molar-refractivity contribution is 7.16. The first kappa shape index (κ1) is 21.0. The number of esters is 1. The Labute approximate surface area is 178 Å². The lowest BCUT2D eigenvalue weighted by molar-refractivity contribution is -0.139. The zero-order chi connectivity index (χ0) is 21.3. The van der Waals surface area contributed by atoms with E-state index in [9.17, 15) is 14.4 Å². The van der Waals surface area contributed by atoms with Crippen LogP contribution in [0.1, 0.15) is 15.2 Å². The number of methoxy groups -OCH3 is 1. The van der Waals surface area contributed by atoms with Gasteiger partial charge in [0.25, 0.3) is 5.91 Å². The molecule has 2 N–H and O–H groups in total. The predicted molar refractivity (Wildman–Crippen MR) is 118 cm³/mol. The summed E-state index contributed by atoms with van der Waals surface area (Å²) in [6, 6.07) is 20.5. The average molecular weight is 420 g/mol. The van der Waals surface area contributed by atoms with Gasteiger partial charge >= 0.3 is 5.97 Å². The molecule has 2 amide bonds. The summed E-state index contributed by atoms with van der Waals surface area (Å²) < 4.78 is 4.49. The summed E-state index contributed by atoms with van der Waals surface area (Å²) in [6.45, 7) is -0.222. The third-order valence-electron chi connectivity index (χ3n) is 4.10. The predicted octanol–water partition coefficient (Wildman–Crippen LogP) is 3.97. The highest BCUT2D eigenvalue weighted by Crippen LogP contribution is 2.28. The van der Waals surface area contributed by atoms with Crippen LogP contribution in [0, 0.1) is 0 Å². The minimum atomic E-state index is -0.540. The molecule has 152 valence electrons. The number of benzene rings is 2. The molecule has 0 bridgehead atoms. The van der Waals surface area contributed by atoms with E-state index in [2.05, 4.69) is 15.4 Å². The Bertz CT molecular complexity index is 1070. The Morgan fingerprint density at radius 2 is 1.80 bits per heavy atom. The van der Waals surface area contributed by atoms with Gasteiger partial charge in [-0.1, -0.05) is 36.4 Å². The molecule has 0 saturated heterocycles. The molecule has 0 fully saturated rings. The number of carbonyl (C=O) groups is 3. The van der Waals surface area contributed by atoms with Gasteiger partial charge in [-0.25, -0.2) is 0 Å². The molecule has 0 unspecified atom stereocenters. The van der Waals surface area contributed by atoms with Crippen LogP contribution in [-0.2, 0) is 14.3 Å². The molecule has 0 aliphatic carbocycles. The van der Waals surface area contributed by atoms with E-state index in [0.29, 0.717) is 11.3 Å². The van der Waals surface area contributed by atoms with Crippen LogP contribution in [0.15, 0.2) is 72.8 Å². The minimum absolute atomic E-state index is 0.222. The van der Waals surface area contributed by atoms with Gasteiger partial charge in [0.15, 0.2) is 0 Å². The van der Waals surface area contributed by atoms with Crippen molar-refractivity contribution >= 4 is 40.9 Å². The van der Waals surface area contributed by atoms with E-state index in [1.165, 1.54) is 19.3 Å². The van der Waals surface area contributed by atoms with Crippen molar-refractivity contribution in [2.24, 2.45) is 0 Å². The molecule has 0 spiro atoms. The highest BCUT2D eigenvalue weighted by Gasteiger charge is 2.09. The summed E-state index contributed by atoms with van der Waals surface area (Å²) in [6.07, 6.45) is 3.20. The van der Waals surface area contributed by atoms with Crippen LogP contribution in [0.2, 0.25) is 0 Å². The summed E-state index contributed by atoms with van der Waals surface area (Å²) >= 11 is 1.59. The number of nitrogens with one attached hydrogen (secondary N) is 2. The third kappa shape index (κ3) is 5.89. The minimum Gasteiger partial charge on any atom is -0.468 e. The van der Waals surface area contributed by atoms with E-state index in [0.717, 1.165) is 15.3 Å². The molecule has 1 heterocycles. The molecule has 2 aromatic carbocycles. The van der Waals surface area contributed by atoms with Gasteiger partial charge in [-0.2, -0.15) is 0 Å². The zero-order valence-corrected chi connectivity index (χ0v) is 17.1. The SMILES string of the molecule is COC(=O)CNC(=O)c1cccc(NC(=O)C=Cc2ccc(-c3ccccc3)s2)c1. The monoisotopic (exact) mass is 420 g/mol. The average Bonchev–Trinajstić information content (AvgIpc) is 3.25. The fourth-order valence-corrected chi connectivity index (χ4v) is 3.52. The van der Waals surface area contributed by atoms with Crippen LogP contribution in [0.25, 0.3) is 16.5 Å². The molecule has 0 radical (unpaired) electrons. The second kappa shape index (κ2) is 10.2. The maximum absolute atomic E-state index is 12.2. The normalized spacial score (nSPS) is 10.6. The van der Waals surface area contributed by atoms with Crippen molar-refractivity contribution in [3.63, 3.8) is 0 Å². The summed E-state index contributed by atoms with van der Waals surface area (Å²) in [5.74, 6) is -1.28. The van der Waals surface area contributed by atoms with Crippen molar-refractivity contribution in [1.29, 1.82) is 0 Å². The molecule has 3 rings (SSSR count). The maximum atomic E-state index is 12.2. The molecule has 0 aliphatic heterocycles. The van der Waals surface area contributed by atoms with Gasteiger partial charge < -0.3 is 15.4 Å². The molecule has 6 nitrogen and oxygen atoms in total. The van der Waals surface area contributed by atoms with Crippen molar-refractivity contribution in [1.82, 2.24) is 5.32 Å². The van der Waals surface area contributed by atoms with Crippen LogP contribution in [0.4, 0.5) is 5.69 Å². The second-order valence-electron chi connectivity index (χ2n) is 6.23. The van der Waals surface area contributed by atoms with Crippen molar-refractivity contribution < 1.29 is 19.1 Å². The summed E-state index contributed by atoms with van der Waals surface area (Å²) in [7, 11) is 1.25. The molecule has 1 aromatic heterocycles. The fourth-order valence-electron chi connectivity index (χ4n) is 2.61. The van der Waals surface area contributed by atoms with Gasteiger partial charge in [-0.05, 0) is 42.0 Å². The van der Waals surface area contributed by atoms with Gasteiger partial charge in [-0.3, -0.25) is 14.4 Å².